The van der Waals surface area contributed by atoms with Gasteiger partial charge in [0.15, 0.2) is 0 Å². The first-order valence-corrected chi connectivity index (χ1v) is 10.7. The van der Waals surface area contributed by atoms with Gasteiger partial charge in [-0.1, -0.05) is 12.2 Å². The lowest BCUT2D eigenvalue weighted by Crippen LogP contribution is -2.38. The molecule has 168 valence electrons. The van der Waals surface area contributed by atoms with Gasteiger partial charge < -0.3 is 20.5 Å². The number of ether oxygens (including phenoxy) is 1. The van der Waals surface area contributed by atoms with Crippen LogP contribution in [-0.4, -0.2) is 47.2 Å². The Morgan fingerprint density at radius 1 is 1.16 bits per heavy atom. The molecule has 4 atom stereocenters. The van der Waals surface area contributed by atoms with E-state index in [-0.39, 0.29) is 36.8 Å². The molecule has 9 nitrogen and oxygen atoms in total. The number of nitro groups is 1. The van der Waals surface area contributed by atoms with Crippen molar-refractivity contribution in [2.24, 2.45) is 11.8 Å². The molecule has 2 heterocycles. The predicted octanol–water partition coefficient (Wildman–Crippen LogP) is 3.12. The smallest absolute Gasteiger partial charge is 0.303 e. The number of hydrogen-bond acceptors (Lipinski definition) is 6. The van der Waals surface area contributed by atoms with Crippen molar-refractivity contribution in [3.63, 3.8) is 0 Å². The Hall–Kier alpha value is -2.78. The number of carbonyl (C=O) groups is 2. The molecule has 0 radical (unpaired) electrons. The van der Waals surface area contributed by atoms with Crippen LogP contribution in [0.2, 0.25) is 0 Å². The number of fused-ring (bicyclic) bond motifs is 2. The molecule has 3 N–H and O–H groups in total. The van der Waals surface area contributed by atoms with Gasteiger partial charge in [0.25, 0.3) is 5.69 Å². The van der Waals surface area contributed by atoms with Crippen molar-refractivity contribution in [1.82, 2.24) is 5.32 Å². The van der Waals surface area contributed by atoms with Gasteiger partial charge in [0, 0.05) is 36.7 Å². The lowest BCUT2D eigenvalue weighted by Gasteiger charge is -2.27. The van der Waals surface area contributed by atoms with E-state index in [0.29, 0.717) is 30.5 Å². The first kappa shape index (κ1) is 22.9. The van der Waals surface area contributed by atoms with Crippen molar-refractivity contribution in [1.29, 1.82) is 0 Å². The van der Waals surface area contributed by atoms with Crippen LogP contribution in [0.5, 0.6) is 0 Å². The van der Waals surface area contributed by atoms with Gasteiger partial charge in [-0.2, -0.15) is 0 Å². The number of benzene rings is 1. The Labute approximate surface area is 181 Å². The van der Waals surface area contributed by atoms with Crippen LogP contribution in [0.4, 0.5) is 11.4 Å². The fourth-order valence-corrected chi connectivity index (χ4v) is 4.45. The van der Waals surface area contributed by atoms with E-state index in [9.17, 15) is 19.7 Å². The van der Waals surface area contributed by atoms with E-state index >= 15 is 0 Å². The average Bonchev–Trinajstić information content (AvgIpc) is 3.33. The van der Waals surface area contributed by atoms with Crippen molar-refractivity contribution in [3.8, 4) is 0 Å². The number of carboxylic acid groups (broad SMARTS) is 1. The average molecular weight is 431 g/mol. The Bertz CT molecular complexity index is 810. The molecular weight excluding hydrogens is 402 g/mol. The van der Waals surface area contributed by atoms with Crippen LogP contribution in [0.3, 0.4) is 0 Å². The second-order valence-electron chi connectivity index (χ2n) is 8.09. The topological polar surface area (TPSA) is 131 Å². The molecule has 3 rings (SSSR count). The number of nitrogens with zero attached hydrogens (tertiary/aromatic N) is 1. The maximum Gasteiger partial charge on any atom is 0.303 e. The standard InChI is InChI=1S/C22H29N3O6/c26-21(24-15-7-9-16(10-8-15)25(29)30)14-23-13-18-17(19-11-12-20(18)31-19)5-3-1-2-4-6-22(27)28/h1,3,7-10,17-20,23H,2,4-6,11-14H2,(H,24,26)(H,27,28)/t17-,18+,19-,20+/m1/s1. The lowest BCUT2D eigenvalue weighted by atomic mass is 9.77. The third kappa shape index (κ3) is 6.60. The van der Waals surface area contributed by atoms with Crippen LogP contribution in [0.1, 0.15) is 38.5 Å². The van der Waals surface area contributed by atoms with Gasteiger partial charge in [0.1, 0.15) is 0 Å². The first-order chi connectivity index (χ1) is 14.9. The number of nitrogens with one attached hydrogen (secondary N) is 2. The highest BCUT2D eigenvalue weighted by atomic mass is 16.6. The minimum Gasteiger partial charge on any atom is -0.481 e. The van der Waals surface area contributed by atoms with Gasteiger partial charge in [0.2, 0.25) is 5.91 Å². The predicted molar refractivity (Wildman–Crippen MR) is 115 cm³/mol. The second-order valence-corrected chi connectivity index (χ2v) is 8.09. The fraction of sp³-hybridized carbons (Fsp3) is 0.545. The molecule has 31 heavy (non-hydrogen) atoms. The molecule has 2 fully saturated rings. The highest BCUT2D eigenvalue weighted by molar-refractivity contribution is 5.92. The Kier molecular flexibility index (Phi) is 8.13. The van der Waals surface area contributed by atoms with Gasteiger partial charge in [-0.3, -0.25) is 19.7 Å². The van der Waals surface area contributed by atoms with Gasteiger partial charge in [-0.05, 0) is 50.2 Å². The number of unbranched alkanes of at least 4 members (excludes halogenated alkanes) is 1. The van der Waals surface area contributed by atoms with E-state index in [2.05, 4.69) is 22.8 Å². The molecule has 1 aromatic rings. The summed E-state index contributed by atoms with van der Waals surface area (Å²) in [6, 6.07) is 5.74. The molecule has 1 amide bonds. The minimum atomic E-state index is -0.765. The summed E-state index contributed by atoms with van der Waals surface area (Å²) in [7, 11) is 0. The summed E-state index contributed by atoms with van der Waals surface area (Å²) in [5.74, 6) is -0.222. The quantitative estimate of drug-likeness (QED) is 0.201. The van der Waals surface area contributed by atoms with E-state index in [1.807, 2.05) is 0 Å². The van der Waals surface area contributed by atoms with E-state index in [1.165, 1.54) is 24.3 Å². The SMILES string of the molecule is O=C(O)CCCC=CC[C@@H]1[C@H](CNCC(=O)Nc2ccc([N+](=O)[O-])cc2)[C@@H]2CC[C@H]1O2. The number of amides is 1. The number of anilines is 1. The molecule has 2 saturated heterocycles. The highest BCUT2D eigenvalue weighted by Gasteiger charge is 2.47. The Morgan fingerprint density at radius 3 is 2.55 bits per heavy atom. The van der Waals surface area contributed by atoms with Gasteiger partial charge in [-0.15, -0.1) is 0 Å². The van der Waals surface area contributed by atoms with Crippen LogP contribution in [0.15, 0.2) is 36.4 Å². The Balaban J connectivity index is 1.40. The van der Waals surface area contributed by atoms with Crippen molar-refractivity contribution in [2.45, 2.75) is 50.7 Å². The van der Waals surface area contributed by atoms with Gasteiger partial charge in [-0.25, -0.2) is 0 Å². The second kappa shape index (κ2) is 11.0. The number of rotatable bonds is 12. The van der Waals surface area contributed by atoms with Crippen molar-refractivity contribution in [2.75, 3.05) is 18.4 Å². The molecule has 0 saturated carbocycles. The van der Waals surface area contributed by atoms with Gasteiger partial charge >= 0.3 is 5.97 Å². The zero-order valence-electron chi connectivity index (χ0n) is 17.4. The summed E-state index contributed by atoms with van der Waals surface area (Å²) in [4.78, 5) is 32.9. The van der Waals surface area contributed by atoms with E-state index < -0.39 is 10.9 Å². The van der Waals surface area contributed by atoms with E-state index in [4.69, 9.17) is 9.84 Å². The summed E-state index contributed by atoms with van der Waals surface area (Å²) in [5, 5.41) is 25.3. The normalized spacial score (nSPS) is 24.5. The zero-order chi connectivity index (χ0) is 22.2. The fourth-order valence-electron chi connectivity index (χ4n) is 4.45. The van der Waals surface area contributed by atoms with Crippen LogP contribution in [-0.2, 0) is 14.3 Å². The van der Waals surface area contributed by atoms with E-state index in [1.54, 1.807) is 0 Å². The molecular formula is C22H29N3O6. The number of carboxylic acids is 1. The number of allylic oxidation sites excluding steroid dienone is 2. The summed E-state index contributed by atoms with van der Waals surface area (Å²) in [5.41, 5.74) is 0.501. The molecule has 2 aliphatic rings. The number of aliphatic carboxylic acids is 1. The zero-order valence-corrected chi connectivity index (χ0v) is 17.4. The third-order valence-electron chi connectivity index (χ3n) is 5.95. The maximum absolute atomic E-state index is 12.2. The largest absolute Gasteiger partial charge is 0.481 e. The van der Waals surface area contributed by atoms with Crippen LogP contribution < -0.4 is 10.6 Å². The minimum absolute atomic E-state index is 0.0191. The number of non-ortho nitro benzene ring substituents is 1. The molecule has 2 bridgehead atoms. The van der Waals surface area contributed by atoms with Crippen LogP contribution in [0, 0.1) is 22.0 Å². The summed E-state index contributed by atoms with van der Waals surface area (Å²) >= 11 is 0. The Morgan fingerprint density at radius 2 is 1.87 bits per heavy atom. The lowest BCUT2D eigenvalue weighted by molar-refractivity contribution is -0.384. The molecule has 2 aliphatic heterocycles. The molecule has 0 aromatic heterocycles. The summed E-state index contributed by atoms with van der Waals surface area (Å²) in [6.45, 7) is 0.842. The van der Waals surface area contributed by atoms with Crippen molar-refractivity contribution >= 4 is 23.3 Å². The van der Waals surface area contributed by atoms with Crippen molar-refractivity contribution < 1.29 is 24.4 Å². The monoisotopic (exact) mass is 431 g/mol. The molecule has 1 aromatic carbocycles. The molecule has 9 heteroatoms. The summed E-state index contributed by atoms with van der Waals surface area (Å²) in [6.07, 6.45) is 9.28. The van der Waals surface area contributed by atoms with Crippen LogP contribution in [0.25, 0.3) is 0 Å². The molecule has 0 spiro atoms. The summed E-state index contributed by atoms with van der Waals surface area (Å²) < 4.78 is 6.08. The first-order valence-electron chi connectivity index (χ1n) is 10.7. The van der Waals surface area contributed by atoms with Crippen LogP contribution >= 0.6 is 0 Å². The molecule has 0 aliphatic carbocycles. The van der Waals surface area contributed by atoms with Crippen molar-refractivity contribution in [3.05, 3.63) is 46.5 Å². The molecule has 0 unspecified atom stereocenters. The maximum atomic E-state index is 12.2. The van der Waals surface area contributed by atoms with E-state index in [0.717, 1.165) is 25.7 Å². The number of hydrogen-bond donors (Lipinski definition) is 3. The number of nitro benzene ring substituents is 1. The third-order valence-corrected chi connectivity index (χ3v) is 5.95. The van der Waals surface area contributed by atoms with Gasteiger partial charge in [0.05, 0.1) is 23.7 Å². The number of carbonyl (C=O) groups excluding carboxylic acids is 1. The highest BCUT2D eigenvalue weighted by Crippen LogP contribution is 2.44.